The molecule has 27 heavy (non-hydrogen) atoms. The molecule has 0 unspecified atom stereocenters. The third kappa shape index (κ3) is 2.93. The first-order valence-electron chi connectivity index (χ1n) is 8.83. The molecule has 4 rings (SSSR count). The van der Waals surface area contributed by atoms with Crippen LogP contribution in [-0.2, 0) is 12.8 Å². The summed E-state index contributed by atoms with van der Waals surface area (Å²) >= 11 is 0. The van der Waals surface area contributed by atoms with Gasteiger partial charge in [0.05, 0.1) is 14.2 Å². The molecule has 4 heteroatoms. The summed E-state index contributed by atoms with van der Waals surface area (Å²) in [4.78, 5) is 12.8. The maximum atomic E-state index is 12.8. The van der Waals surface area contributed by atoms with E-state index in [-0.39, 0.29) is 11.5 Å². The van der Waals surface area contributed by atoms with Gasteiger partial charge in [0.25, 0.3) is 0 Å². The number of ketones is 1. The van der Waals surface area contributed by atoms with E-state index in [4.69, 9.17) is 9.47 Å². The highest BCUT2D eigenvalue weighted by Gasteiger charge is 2.19. The fraction of sp³-hybridized carbons (Fsp3) is 0.174. The number of aryl methyl sites for hydroxylation is 2. The Balaban J connectivity index is 1.69. The minimum absolute atomic E-state index is 0.0328. The second kappa shape index (κ2) is 6.80. The van der Waals surface area contributed by atoms with Crippen molar-refractivity contribution in [1.82, 2.24) is 0 Å². The largest absolute Gasteiger partial charge is 0.502 e. The molecule has 4 nitrogen and oxygen atoms in total. The van der Waals surface area contributed by atoms with E-state index in [1.165, 1.54) is 30.6 Å². The van der Waals surface area contributed by atoms with Gasteiger partial charge in [0.2, 0.25) is 5.75 Å². The molecule has 136 valence electrons. The van der Waals surface area contributed by atoms with E-state index in [9.17, 15) is 9.90 Å². The molecule has 1 N–H and O–H groups in total. The summed E-state index contributed by atoms with van der Waals surface area (Å²) in [7, 11) is 2.95. The van der Waals surface area contributed by atoms with Gasteiger partial charge in [-0.1, -0.05) is 36.4 Å². The smallest absolute Gasteiger partial charge is 0.200 e. The zero-order chi connectivity index (χ0) is 19.0. The van der Waals surface area contributed by atoms with Crippen LogP contribution in [0.5, 0.6) is 17.2 Å². The van der Waals surface area contributed by atoms with E-state index < -0.39 is 0 Å². The molecular weight excluding hydrogens is 340 g/mol. The van der Waals surface area contributed by atoms with Crippen LogP contribution in [0.4, 0.5) is 0 Å². The first kappa shape index (κ1) is 17.2. The molecular formula is C23H20O4. The van der Waals surface area contributed by atoms with E-state index in [0.29, 0.717) is 17.1 Å². The Labute approximate surface area is 157 Å². The molecule has 0 saturated carbocycles. The molecule has 0 fully saturated rings. The predicted octanol–water partition coefficient (Wildman–Crippen LogP) is 4.56. The topological polar surface area (TPSA) is 55.8 Å². The van der Waals surface area contributed by atoms with Crippen molar-refractivity contribution in [2.45, 2.75) is 12.8 Å². The summed E-state index contributed by atoms with van der Waals surface area (Å²) in [6.45, 7) is 0. The van der Waals surface area contributed by atoms with Gasteiger partial charge >= 0.3 is 0 Å². The van der Waals surface area contributed by atoms with Crippen LogP contribution in [0.1, 0.15) is 27.0 Å². The number of phenolic OH excluding ortho intramolecular Hbond substituents is 1. The molecule has 0 heterocycles. The number of allylic oxidation sites excluding steroid dienone is 1. The SMILES string of the molecule is COc1cc(C=CC(=O)c2ccc3cccc4c3c2CC4)cc(OC)c1O. The quantitative estimate of drug-likeness (QED) is 0.535. The maximum absolute atomic E-state index is 12.8. The van der Waals surface area contributed by atoms with Crippen LogP contribution in [-0.4, -0.2) is 25.1 Å². The molecule has 1 aliphatic rings. The van der Waals surface area contributed by atoms with Crippen molar-refractivity contribution in [3.05, 3.63) is 70.8 Å². The Morgan fingerprint density at radius 2 is 1.78 bits per heavy atom. The van der Waals surface area contributed by atoms with Crippen molar-refractivity contribution >= 4 is 22.6 Å². The summed E-state index contributed by atoms with van der Waals surface area (Å²) in [5, 5.41) is 12.4. The molecule has 1 aliphatic carbocycles. The van der Waals surface area contributed by atoms with Crippen molar-refractivity contribution in [1.29, 1.82) is 0 Å². The van der Waals surface area contributed by atoms with Gasteiger partial charge in [0, 0.05) is 5.56 Å². The van der Waals surface area contributed by atoms with E-state index in [1.807, 2.05) is 12.1 Å². The fourth-order valence-electron chi connectivity index (χ4n) is 3.77. The van der Waals surface area contributed by atoms with Crippen molar-refractivity contribution in [3.63, 3.8) is 0 Å². The lowest BCUT2D eigenvalue weighted by molar-refractivity contribution is 0.104. The van der Waals surface area contributed by atoms with E-state index in [2.05, 4.69) is 18.2 Å². The molecule has 0 atom stereocenters. The molecule has 0 aromatic heterocycles. The third-order valence-corrected chi connectivity index (χ3v) is 5.08. The Morgan fingerprint density at radius 1 is 1.04 bits per heavy atom. The van der Waals surface area contributed by atoms with Crippen LogP contribution < -0.4 is 9.47 Å². The molecule has 0 bridgehead atoms. The van der Waals surface area contributed by atoms with Gasteiger partial charge in [-0.05, 0) is 58.5 Å². The summed E-state index contributed by atoms with van der Waals surface area (Å²) in [5.74, 6) is 0.513. The number of carbonyl (C=O) groups is 1. The number of phenols is 1. The molecule has 0 aliphatic heterocycles. The lowest BCUT2D eigenvalue weighted by atomic mass is 9.97. The van der Waals surface area contributed by atoms with Crippen molar-refractivity contribution < 1.29 is 19.4 Å². The van der Waals surface area contributed by atoms with Gasteiger partial charge in [-0.25, -0.2) is 0 Å². The molecule has 3 aromatic rings. The van der Waals surface area contributed by atoms with Gasteiger partial charge in [-0.2, -0.15) is 0 Å². The molecule has 0 spiro atoms. The number of aromatic hydroxyl groups is 1. The molecule has 0 amide bonds. The van der Waals surface area contributed by atoms with Gasteiger partial charge in [-0.3, -0.25) is 4.79 Å². The second-order valence-electron chi connectivity index (χ2n) is 6.58. The normalized spacial score (nSPS) is 12.7. The zero-order valence-electron chi connectivity index (χ0n) is 15.3. The van der Waals surface area contributed by atoms with Gasteiger partial charge in [0.15, 0.2) is 17.3 Å². The highest BCUT2D eigenvalue weighted by atomic mass is 16.5. The average Bonchev–Trinajstić information content (AvgIpc) is 3.13. The second-order valence-corrected chi connectivity index (χ2v) is 6.58. The Bertz CT molecular complexity index is 1050. The average molecular weight is 360 g/mol. The first-order chi connectivity index (χ1) is 13.1. The maximum Gasteiger partial charge on any atom is 0.200 e. The van der Waals surface area contributed by atoms with Gasteiger partial charge in [0.1, 0.15) is 0 Å². The third-order valence-electron chi connectivity index (χ3n) is 5.08. The minimum Gasteiger partial charge on any atom is -0.502 e. The molecule has 3 aromatic carbocycles. The lowest BCUT2D eigenvalue weighted by Crippen LogP contribution is -1.99. The Kier molecular flexibility index (Phi) is 4.32. The van der Waals surface area contributed by atoms with Crippen LogP contribution in [0.25, 0.3) is 16.8 Å². The predicted molar refractivity (Wildman–Crippen MR) is 106 cm³/mol. The number of methoxy groups -OCH3 is 2. The minimum atomic E-state index is -0.0567. The molecule has 0 radical (unpaired) electrons. The van der Waals surface area contributed by atoms with Crippen LogP contribution >= 0.6 is 0 Å². The lowest BCUT2D eigenvalue weighted by Gasteiger charge is -2.09. The van der Waals surface area contributed by atoms with Crippen molar-refractivity contribution in [2.75, 3.05) is 14.2 Å². The molecule has 0 saturated heterocycles. The highest BCUT2D eigenvalue weighted by Crippen LogP contribution is 2.37. The first-order valence-corrected chi connectivity index (χ1v) is 8.83. The summed E-state index contributed by atoms with van der Waals surface area (Å²) in [6.07, 6.45) is 5.15. The zero-order valence-corrected chi connectivity index (χ0v) is 15.3. The number of hydrogen-bond acceptors (Lipinski definition) is 4. The van der Waals surface area contributed by atoms with Crippen molar-refractivity contribution in [3.8, 4) is 17.2 Å². The summed E-state index contributed by atoms with van der Waals surface area (Å²) < 4.78 is 10.3. The van der Waals surface area contributed by atoms with Gasteiger partial charge < -0.3 is 14.6 Å². The van der Waals surface area contributed by atoms with Gasteiger partial charge in [-0.15, -0.1) is 0 Å². The van der Waals surface area contributed by atoms with E-state index in [1.54, 1.807) is 24.3 Å². The highest BCUT2D eigenvalue weighted by molar-refractivity contribution is 6.11. The van der Waals surface area contributed by atoms with Crippen molar-refractivity contribution in [2.24, 2.45) is 0 Å². The number of benzene rings is 3. The standard InChI is InChI=1S/C23H20O4/c1-26-20-12-14(13-21(27-2)23(20)25)6-11-19(24)17-9-7-15-4-3-5-16-8-10-18(17)22(15)16/h3-7,9,11-13,25H,8,10H2,1-2H3. The number of carbonyl (C=O) groups excluding carboxylic acids is 1. The monoisotopic (exact) mass is 360 g/mol. The summed E-state index contributed by atoms with van der Waals surface area (Å²) in [5.41, 5.74) is 3.92. The van der Waals surface area contributed by atoms with E-state index >= 15 is 0 Å². The number of rotatable bonds is 5. The van der Waals surface area contributed by atoms with Crippen LogP contribution in [0, 0.1) is 0 Å². The van der Waals surface area contributed by atoms with Crippen LogP contribution in [0.3, 0.4) is 0 Å². The Hall–Kier alpha value is -3.27. The number of hydrogen-bond donors (Lipinski definition) is 1. The van der Waals surface area contributed by atoms with E-state index in [0.717, 1.165) is 24.0 Å². The Morgan fingerprint density at radius 3 is 2.48 bits per heavy atom. The van der Waals surface area contributed by atoms with Crippen LogP contribution in [0.15, 0.2) is 48.5 Å². The van der Waals surface area contributed by atoms with Crippen LogP contribution in [0.2, 0.25) is 0 Å². The summed E-state index contributed by atoms with van der Waals surface area (Å²) in [6, 6.07) is 13.6. The fourth-order valence-corrected chi connectivity index (χ4v) is 3.77. The number of ether oxygens (including phenoxy) is 2.